The van der Waals surface area contributed by atoms with E-state index in [0.717, 1.165) is 12.8 Å². The highest BCUT2D eigenvalue weighted by Gasteiger charge is 2.42. The summed E-state index contributed by atoms with van der Waals surface area (Å²) in [6.07, 6.45) is -3.40. The molecule has 3 rings (SSSR count). The van der Waals surface area contributed by atoms with E-state index in [0.29, 0.717) is 19.0 Å². The van der Waals surface area contributed by atoms with Crippen molar-refractivity contribution in [2.24, 2.45) is 0 Å². The summed E-state index contributed by atoms with van der Waals surface area (Å²) in [5.41, 5.74) is -0.304. The van der Waals surface area contributed by atoms with Crippen LogP contribution >= 0.6 is 0 Å². The Labute approximate surface area is 135 Å². The predicted molar refractivity (Wildman–Crippen MR) is 79.1 cm³/mol. The Bertz CT molecular complexity index is 720. The third-order valence-electron chi connectivity index (χ3n) is 4.12. The fraction of sp³-hybridized carbons (Fsp3) is 0.375. The largest absolute Gasteiger partial charge is 0.475 e. The van der Waals surface area contributed by atoms with Crippen LogP contribution in [0.5, 0.6) is 0 Å². The van der Waals surface area contributed by atoms with Gasteiger partial charge in [-0.2, -0.15) is 18.2 Å². The number of benzene rings is 1. The summed E-state index contributed by atoms with van der Waals surface area (Å²) in [4.78, 5) is 15.9. The Hall–Kier alpha value is -2.51. The number of hydrogen-bond donors (Lipinski definition) is 1. The van der Waals surface area contributed by atoms with Gasteiger partial charge in [0.25, 0.3) is 6.01 Å². The van der Waals surface area contributed by atoms with E-state index in [4.69, 9.17) is 9.52 Å². The molecule has 0 spiro atoms. The minimum Gasteiger partial charge on any atom is -0.475 e. The van der Waals surface area contributed by atoms with Crippen LogP contribution in [0.4, 0.5) is 19.2 Å². The SMILES string of the molecule is O=C(O)c1oc(N2CCC(c3ccccc3)CC2)nc1C(F)(F)F. The zero-order chi connectivity index (χ0) is 17.3. The maximum atomic E-state index is 12.9. The average Bonchev–Trinajstić information content (AvgIpc) is 3.02. The van der Waals surface area contributed by atoms with Crippen LogP contribution in [-0.2, 0) is 6.18 Å². The van der Waals surface area contributed by atoms with Crippen molar-refractivity contribution in [3.05, 3.63) is 47.3 Å². The Balaban J connectivity index is 1.76. The number of hydrogen-bond acceptors (Lipinski definition) is 4. The van der Waals surface area contributed by atoms with E-state index in [1.807, 2.05) is 30.3 Å². The Morgan fingerprint density at radius 3 is 2.33 bits per heavy atom. The van der Waals surface area contributed by atoms with Gasteiger partial charge >= 0.3 is 12.1 Å². The number of piperidine rings is 1. The summed E-state index contributed by atoms with van der Waals surface area (Å²) in [7, 11) is 0. The van der Waals surface area contributed by atoms with Crippen LogP contribution in [0.25, 0.3) is 0 Å². The van der Waals surface area contributed by atoms with E-state index < -0.39 is 23.6 Å². The first-order chi connectivity index (χ1) is 11.4. The summed E-state index contributed by atoms with van der Waals surface area (Å²) in [6.45, 7) is 0.910. The molecule has 0 aliphatic carbocycles. The molecule has 5 nitrogen and oxygen atoms in total. The highest BCUT2D eigenvalue weighted by atomic mass is 19.4. The number of rotatable bonds is 3. The number of anilines is 1. The maximum Gasteiger partial charge on any atom is 0.437 e. The summed E-state index contributed by atoms with van der Waals surface area (Å²) < 4.78 is 43.5. The topological polar surface area (TPSA) is 66.6 Å². The summed E-state index contributed by atoms with van der Waals surface area (Å²) >= 11 is 0. The zero-order valence-corrected chi connectivity index (χ0v) is 12.6. The molecule has 0 radical (unpaired) electrons. The second kappa shape index (κ2) is 6.18. The molecular formula is C16H15F3N2O3. The standard InChI is InChI=1S/C16H15F3N2O3/c17-16(18,19)13-12(14(22)23)24-15(20-13)21-8-6-11(7-9-21)10-4-2-1-3-5-10/h1-5,11H,6-9H2,(H,22,23). The number of halogens is 3. The highest BCUT2D eigenvalue weighted by molar-refractivity contribution is 5.86. The van der Waals surface area contributed by atoms with Crippen LogP contribution in [0.15, 0.2) is 34.7 Å². The second-order valence-electron chi connectivity index (χ2n) is 5.65. The minimum absolute atomic E-state index is 0.286. The normalized spacial score (nSPS) is 16.4. The van der Waals surface area contributed by atoms with E-state index >= 15 is 0 Å². The van der Waals surface area contributed by atoms with Crippen molar-refractivity contribution in [2.75, 3.05) is 18.0 Å². The molecule has 128 valence electrons. The minimum atomic E-state index is -4.86. The zero-order valence-electron chi connectivity index (χ0n) is 12.6. The van der Waals surface area contributed by atoms with Gasteiger partial charge in [-0.05, 0) is 24.3 Å². The first-order valence-electron chi connectivity index (χ1n) is 7.47. The van der Waals surface area contributed by atoms with E-state index in [1.54, 1.807) is 4.90 Å². The first-order valence-corrected chi connectivity index (χ1v) is 7.47. The van der Waals surface area contributed by atoms with E-state index in [-0.39, 0.29) is 6.01 Å². The molecule has 24 heavy (non-hydrogen) atoms. The fourth-order valence-electron chi connectivity index (χ4n) is 2.91. The summed E-state index contributed by atoms with van der Waals surface area (Å²) in [5.74, 6) is -2.62. The Kier molecular flexibility index (Phi) is 4.21. The van der Waals surface area contributed by atoms with Gasteiger partial charge in [0.2, 0.25) is 5.76 Å². The molecule has 0 saturated carbocycles. The molecule has 1 aliphatic heterocycles. The number of carboxylic acid groups (broad SMARTS) is 1. The van der Waals surface area contributed by atoms with Crippen LogP contribution < -0.4 is 4.90 Å². The average molecular weight is 340 g/mol. The van der Waals surface area contributed by atoms with Gasteiger partial charge in [0.1, 0.15) is 0 Å². The van der Waals surface area contributed by atoms with Crippen LogP contribution in [0.1, 0.15) is 40.6 Å². The van der Waals surface area contributed by atoms with Crippen LogP contribution in [0.2, 0.25) is 0 Å². The smallest absolute Gasteiger partial charge is 0.437 e. The number of nitrogens with zero attached hydrogens (tertiary/aromatic N) is 2. The molecular weight excluding hydrogens is 325 g/mol. The van der Waals surface area contributed by atoms with Gasteiger partial charge < -0.3 is 14.4 Å². The number of carboxylic acids is 1. The molecule has 0 bridgehead atoms. The van der Waals surface area contributed by atoms with Crippen molar-refractivity contribution in [1.82, 2.24) is 4.98 Å². The lowest BCUT2D eigenvalue weighted by Gasteiger charge is -2.31. The van der Waals surface area contributed by atoms with E-state index in [2.05, 4.69) is 4.98 Å². The number of aromatic nitrogens is 1. The van der Waals surface area contributed by atoms with Crippen molar-refractivity contribution in [2.45, 2.75) is 24.9 Å². The molecule has 1 aromatic carbocycles. The second-order valence-corrected chi connectivity index (χ2v) is 5.65. The third-order valence-corrected chi connectivity index (χ3v) is 4.12. The van der Waals surface area contributed by atoms with Crippen molar-refractivity contribution in [1.29, 1.82) is 0 Å². The van der Waals surface area contributed by atoms with Gasteiger partial charge in [-0.25, -0.2) is 4.79 Å². The van der Waals surface area contributed by atoms with Gasteiger partial charge in [-0.1, -0.05) is 30.3 Å². The van der Waals surface area contributed by atoms with E-state index in [9.17, 15) is 18.0 Å². The predicted octanol–water partition coefficient (Wildman–Crippen LogP) is 3.78. The number of oxazole rings is 1. The van der Waals surface area contributed by atoms with Gasteiger partial charge in [-0.3, -0.25) is 0 Å². The number of aromatic carboxylic acids is 1. The molecule has 1 aromatic heterocycles. The Morgan fingerprint density at radius 1 is 1.21 bits per heavy atom. The van der Waals surface area contributed by atoms with Crippen molar-refractivity contribution in [3.8, 4) is 0 Å². The molecule has 0 unspecified atom stereocenters. The van der Waals surface area contributed by atoms with Gasteiger partial charge in [0.15, 0.2) is 5.69 Å². The molecule has 0 amide bonds. The molecule has 1 fully saturated rings. The molecule has 2 heterocycles. The number of alkyl halides is 3. The molecule has 1 saturated heterocycles. The summed E-state index contributed by atoms with van der Waals surface area (Å²) in [5, 5.41) is 8.88. The van der Waals surface area contributed by atoms with Crippen molar-refractivity contribution in [3.63, 3.8) is 0 Å². The third kappa shape index (κ3) is 3.22. The quantitative estimate of drug-likeness (QED) is 0.921. The van der Waals surface area contributed by atoms with Gasteiger partial charge in [0, 0.05) is 13.1 Å². The highest BCUT2D eigenvalue weighted by Crippen LogP contribution is 2.36. The maximum absolute atomic E-state index is 12.9. The molecule has 1 N–H and O–H groups in total. The fourth-order valence-corrected chi connectivity index (χ4v) is 2.91. The summed E-state index contributed by atoms with van der Waals surface area (Å²) in [6, 6.07) is 9.59. The lowest BCUT2D eigenvalue weighted by Crippen LogP contribution is -2.33. The molecule has 8 heteroatoms. The van der Waals surface area contributed by atoms with Crippen molar-refractivity contribution < 1.29 is 27.5 Å². The molecule has 0 atom stereocenters. The first kappa shape index (κ1) is 16.4. The van der Waals surface area contributed by atoms with Gasteiger partial charge in [-0.15, -0.1) is 0 Å². The van der Waals surface area contributed by atoms with Crippen molar-refractivity contribution >= 4 is 12.0 Å². The van der Waals surface area contributed by atoms with Crippen LogP contribution in [0.3, 0.4) is 0 Å². The Morgan fingerprint density at radius 2 is 1.83 bits per heavy atom. The lowest BCUT2D eigenvalue weighted by molar-refractivity contribution is -0.141. The molecule has 2 aromatic rings. The molecule has 1 aliphatic rings. The van der Waals surface area contributed by atoms with Crippen LogP contribution in [-0.4, -0.2) is 29.1 Å². The van der Waals surface area contributed by atoms with Crippen LogP contribution in [0, 0.1) is 0 Å². The number of carbonyl (C=O) groups is 1. The van der Waals surface area contributed by atoms with E-state index in [1.165, 1.54) is 5.56 Å². The lowest BCUT2D eigenvalue weighted by atomic mass is 9.90. The van der Waals surface area contributed by atoms with Gasteiger partial charge in [0.05, 0.1) is 0 Å². The monoisotopic (exact) mass is 340 g/mol.